The molecular formula is C48H52ClN5O7. The number of ether oxygens (including phenoxy) is 3. The Hall–Kier alpha value is -6.13. The summed E-state index contributed by atoms with van der Waals surface area (Å²) in [4.78, 5) is 31.8. The molecule has 1 fully saturated rings. The van der Waals surface area contributed by atoms with Gasteiger partial charge in [0.25, 0.3) is 0 Å². The van der Waals surface area contributed by atoms with Crippen molar-refractivity contribution in [2.45, 2.75) is 72.5 Å². The molecule has 0 saturated carbocycles. The summed E-state index contributed by atoms with van der Waals surface area (Å²) in [6.07, 6.45) is 1.38. The van der Waals surface area contributed by atoms with Crippen LogP contribution in [0.25, 0.3) is 22.3 Å². The van der Waals surface area contributed by atoms with Crippen LogP contribution in [0, 0.1) is 25.2 Å². The first kappa shape index (κ1) is 44.4. The molecule has 13 heteroatoms. The predicted molar refractivity (Wildman–Crippen MR) is 236 cm³/mol. The van der Waals surface area contributed by atoms with Crippen molar-refractivity contribution < 1.29 is 34.0 Å². The molecule has 1 amide bonds. The standard InChI is InChI=1S/C48H52ClN5O7/c1-31-36(30-60-45-23-44(59-29-34-20-33(24-50)25-51-26-34)37(21-43(45)49)27-52-28-39(55)22-46(56)57)8-6-10-41(31)42-11-7-9-40(32(42)2)35-12-14-38(15-13-35)53-16-18-54(19-17-53)47(58)61-48(3,4)5/h6-15,20-21,23,25-26,39,52,55H,16-19,22,27-30H2,1-5H3,(H,56,57). The fourth-order valence-corrected chi connectivity index (χ4v) is 7.49. The largest absolute Gasteiger partial charge is 0.488 e. The molecular weight excluding hydrogens is 794 g/mol. The van der Waals surface area contributed by atoms with Gasteiger partial charge in [0.2, 0.25) is 0 Å². The molecule has 2 heterocycles. The van der Waals surface area contributed by atoms with Crippen LogP contribution >= 0.6 is 11.6 Å². The molecule has 318 valence electrons. The number of aromatic nitrogens is 1. The van der Waals surface area contributed by atoms with Gasteiger partial charge in [-0.15, -0.1) is 0 Å². The second-order valence-corrected chi connectivity index (χ2v) is 16.5. The number of pyridine rings is 1. The van der Waals surface area contributed by atoms with Gasteiger partial charge in [0.05, 0.1) is 23.1 Å². The van der Waals surface area contributed by atoms with E-state index in [0.29, 0.717) is 46.3 Å². The molecule has 61 heavy (non-hydrogen) atoms. The number of hydrogen-bond donors (Lipinski definition) is 3. The van der Waals surface area contributed by atoms with E-state index in [1.807, 2.05) is 32.9 Å². The minimum atomic E-state index is -1.09. The zero-order chi connectivity index (χ0) is 43.7. The van der Waals surface area contributed by atoms with Crippen molar-refractivity contribution in [3.8, 4) is 39.8 Å². The molecule has 3 N–H and O–H groups in total. The van der Waals surface area contributed by atoms with Crippen LogP contribution in [0.5, 0.6) is 11.5 Å². The van der Waals surface area contributed by atoms with E-state index in [0.717, 1.165) is 57.7 Å². The lowest BCUT2D eigenvalue weighted by Gasteiger charge is -2.36. The van der Waals surface area contributed by atoms with Crippen LogP contribution < -0.4 is 19.7 Å². The van der Waals surface area contributed by atoms with E-state index < -0.39 is 17.7 Å². The number of aliphatic hydroxyl groups excluding tert-OH is 1. The zero-order valence-corrected chi connectivity index (χ0v) is 36.0. The summed E-state index contributed by atoms with van der Waals surface area (Å²) in [6, 6.07) is 28.4. The van der Waals surface area contributed by atoms with Crippen LogP contribution in [0.2, 0.25) is 5.02 Å². The number of aliphatic hydroxyl groups is 1. The number of amides is 1. The molecule has 0 radical (unpaired) electrons. The summed E-state index contributed by atoms with van der Waals surface area (Å²) in [6.45, 7) is 13.2. The fraction of sp³-hybridized carbons (Fsp3) is 0.333. The molecule has 1 atom stereocenters. The Morgan fingerprint density at radius 2 is 1.54 bits per heavy atom. The van der Waals surface area contributed by atoms with Crippen molar-refractivity contribution in [2.24, 2.45) is 0 Å². The quantitative estimate of drug-likeness (QED) is 0.0926. The van der Waals surface area contributed by atoms with E-state index >= 15 is 0 Å². The topological polar surface area (TPSA) is 157 Å². The number of piperazine rings is 1. The van der Waals surface area contributed by atoms with Gasteiger partial charge in [0, 0.05) is 74.5 Å². The Labute approximate surface area is 362 Å². The Balaban J connectivity index is 1.16. The molecule has 1 aliphatic heterocycles. The third-order valence-electron chi connectivity index (χ3n) is 10.5. The molecule has 5 aromatic rings. The monoisotopic (exact) mass is 845 g/mol. The predicted octanol–water partition coefficient (Wildman–Crippen LogP) is 8.70. The number of carbonyl (C=O) groups is 2. The van der Waals surface area contributed by atoms with E-state index in [1.54, 1.807) is 29.3 Å². The van der Waals surface area contributed by atoms with Gasteiger partial charge in [-0.3, -0.25) is 9.78 Å². The molecule has 6 rings (SSSR count). The van der Waals surface area contributed by atoms with E-state index in [4.69, 9.17) is 30.9 Å². The van der Waals surface area contributed by atoms with Crippen molar-refractivity contribution in [3.63, 3.8) is 0 Å². The van der Waals surface area contributed by atoms with Gasteiger partial charge in [-0.1, -0.05) is 60.1 Å². The van der Waals surface area contributed by atoms with Crippen molar-refractivity contribution >= 4 is 29.4 Å². The van der Waals surface area contributed by atoms with Gasteiger partial charge in [0.15, 0.2) is 0 Å². The van der Waals surface area contributed by atoms with Crippen LogP contribution in [0.4, 0.5) is 10.5 Å². The van der Waals surface area contributed by atoms with Gasteiger partial charge in [0.1, 0.15) is 36.4 Å². The number of benzene rings is 4. The van der Waals surface area contributed by atoms with Crippen molar-refractivity contribution in [1.29, 1.82) is 5.26 Å². The SMILES string of the molecule is Cc1c(COc2cc(OCc3cncc(C#N)c3)c(CNCC(O)CC(=O)O)cc2Cl)cccc1-c1cccc(-c2ccc(N3CCN(C(=O)OC(C)(C)C)CC3)cc2)c1C. The summed E-state index contributed by atoms with van der Waals surface area (Å²) in [5.74, 6) is -0.215. The normalized spacial score (nSPS) is 13.3. The second-order valence-electron chi connectivity index (χ2n) is 16.1. The van der Waals surface area contributed by atoms with Crippen LogP contribution in [-0.2, 0) is 29.3 Å². The highest BCUT2D eigenvalue weighted by molar-refractivity contribution is 6.32. The maximum absolute atomic E-state index is 12.6. The lowest BCUT2D eigenvalue weighted by atomic mass is 9.89. The van der Waals surface area contributed by atoms with Crippen molar-refractivity contribution in [2.75, 3.05) is 37.6 Å². The van der Waals surface area contributed by atoms with Gasteiger partial charge < -0.3 is 39.5 Å². The summed E-state index contributed by atoms with van der Waals surface area (Å²) in [7, 11) is 0. The first-order valence-corrected chi connectivity index (χ1v) is 20.6. The van der Waals surface area contributed by atoms with Gasteiger partial charge >= 0.3 is 12.1 Å². The number of carboxylic acid groups (broad SMARTS) is 1. The molecule has 0 bridgehead atoms. The Morgan fingerprint density at radius 1 is 0.869 bits per heavy atom. The second kappa shape index (κ2) is 20.0. The summed E-state index contributed by atoms with van der Waals surface area (Å²) < 4.78 is 18.1. The van der Waals surface area contributed by atoms with Crippen molar-refractivity contribution in [3.05, 3.63) is 130 Å². The van der Waals surface area contributed by atoms with Crippen LogP contribution in [0.3, 0.4) is 0 Å². The Kier molecular flexibility index (Phi) is 14.5. The van der Waals surface area contributed by atoms with Gasteiger partial charge in [-0.2, -0.15) is 5.26 Å². The number of anilines is 1. The number of carbonyl (C=O) groups excluding carboxylic acids is 1. The summed E-state index contributed by atoms with van der Waals surface area (Å²) in [5.41, 5.74) is 10.1. The smallest absolute Gasteiger partial charge is 0.410 e. The average Bonchev–Trinajstić information content (AvgIpc) is 3.23. The Morgan fingerprint density at radius 3 is 2.23 bits per heavy atom. The van der Waals surface area contributed by atoms with Crippen molar-refractivity contribution in [1.82, 2.24) is 15.2 Å². The first-order chi connectivity index (χ1) is 29.2. The zero-order valence-electron chi connectivity index (χ0n) is 35.2. The maximum Gasteiger partial charge on any atom is 0.410 e. The molecule has 1 aliphatic rings. The average molecular weight is 846 g/mol. The first-order valence-electron chi connectivity index (χ1n) is 20.2. The molecule has 0 aliphatic carbocycles. The number of nitrogens with one attached hydrogen (secondary N) is 1. The molecule has 1 aromatic heterocycles. The number of hydrogen-bond acceptors (Lipinski definition) is 10. The fourth-order valence-electron chi connectivity index (χ4n) is 7.25. The molecule has 4 aromatic carbocycles. The highest BCUT2D eigenvalue weighted by Crippen LogP contribution is 2.37. The Bertz CT molecular complexity index is 2380. The maximum atomic E-state index is 12.6. The van der Waals surface area contributed by atoms with Crippen LogP contribution in [0.1, 0.15) is 60.6 Å². The lowest BCUT2D eigenvalue weighted by molar-refractivity contribution is -0.139. The molecule has 1 unspecified atom stereocenters. The summed E-state index contributed by atoms with van der Waals surface area (Å²) in [5, 5.41) is 31.8. The van der Waals surface area contributed by atoms with E-state index in [2.05, 4.69) is 83.6 Å². The number of carboxylic acids is 1. The van der Waals surface area contributed by atoms with Gasteiger partial charge in [-0.05, 0) is 97.8 Å². The third-order valence-corrected chi connectivity index (χ3v) is 10.8. The highest BCUT2D eigenvalue weighted by Gasteiger charge is 2.26. The molecule has 0 spiro atoms. The van der Waals surface area contributed by atoms with Crippen LogP contribution in [0.15, 0.2) is 91.3 Å². The third kappa shape index (κ3) is 11.8. The molecule has 1 saturated heterocycles. The lowest BCUT2D eigenvalue weighted by Crippen LogP contribution is -2.50. The highest BCUT2D eigenvalue weighted by atomic mass is 35.5. The molecule has 12 nitrogen and oxygen atoms in total. The number of nitrogens with zero attached hydrogens (tertiary/aromatic N) is 4. The minimum Gasteiger partial charge on any atom is -0.488 e. The van der Waals surface area contributed by atoms with E-state index in [-0.39, 0.29) is 38.8 Å². The summed E-state index contributed by atoms with van der Waals surface area (Å²) >= 11 is 6.79. The number of nitriles is 1. The van der Waals surface area contributed by atoms with Gasteiger partial charge in [-0.25, -0.2) is 4.79 Å². The number of rotatable bonds is 15. The van der Waals surface area contributed by atoms with E-state index in [9.17, 15) is 20.0 Å². The minimum absolute atomic E-state index is 0.0533. The number of aliphatic carboxylic acids is 1. The van der Waals surface area contributed by atoms with Crippen LogP contribution in [-0.4, -0.2) is 76.6 Å². The van der Waals surface area contributed by atoms with E-state index in [1.165, 1.54) is 6.20 Å². The number of halogens is 1.